The fraction of sp³-hybridized carbons (Fsp3) is 0.524. The maximum Gasteiger partial charge on any atom is 0.409 e. The molecule has 160 valence electrons. The number of likely N-dealkylation sites (tertiary alicyclic amines) is 1. The van der Waals surface area contributed by atoms with E-state index in [0.29, 0.717) is 44.7 Å². The van der Waals surface area contributed by atoms with Crippen molar-refractivity contribution in [3.8, 4) is 0 Å². The number of carbonyl (C=O) groups is 4. The lowest BCUT2D eigenvalue weighted by atomic mass is 9.97. The molecule has 0 unspecified atom stereocenters. The van der Waals surface area contributed by atoms with Gasteiger partial charge in [-0.1, -0.05) is 0 Å². The van der Waals surface area contributed by atoms with Gasteiger partial charge >= 0.3 is 17.9 Å². The highest BCUT2D eigenvalue weighted by molar-refractivity contribution is 6.39. The van der Waals surface area contributed by atoms with Crippen molar-refractivity contribution in [2.75, 3.05) is 43.5 Å². The Labute approximate surface area is 174 Å². The minimum absolute atomic E-state index is 0.148. The topological polar surface area (TPSA) is 108 Å². The summed E-state index contributed by atoms with van der Waals surface area (Å²) >= 11 is 0. The molecule has 0 spiro atoms. The van der Waals surface area contributed by atoms with Gasteiger partial charge in [-0.05, 0) is 54.9 Å². The van der Waals surface area contributed by atoms with Crippen molar-refractivity contribution >= 4 is 35.2 Å². The molecule has 2 N–H and O–H groups in total. The number of rotatable bonds is 3. The van der Waals surface area contributed by atoms with E-state index in [1.54, 1.807) is 4.90 Å². The fourth-order valence-corrected chi connectivity index (χ4v) is 4.48. The van der Waals surface area contributed by atoms with Crippen LogP contribution in [0.3, 0.4) is 0 Å². The molecule has 4 amide bonds. The quantitative estimate of drug-likeness (QED) is 0.719. The normalized spacial score (nSPS) is 18.1. The first-order chi connectivity index (χ1) is 14.5. The van der Waals surface area contributed by atoms with Gasteiger partial charge in [0.05, 0.1) is 12.8 Å². The van der Waals surface area contributed by atoms with Gasteiger partial charge in [0.25, 0.3) is 0 Å². The van der Waals surface area contributed by atoms with E-state index in [1.165, 1.54) is 7.11 Å². The van der Waals surface area contributed by atoms with E-state index < -0.39 is 11.8 Å². The van der Waals surface area contributed by atoms with Crippen LogP contribution in [0.25, 0.3) is 0 Å². The Balaban J connectivity index is 1.29. The molecule has 0 atom stereocenters. The highest BCUT2D eigenvalue weighted by Crippen LogP contribution is 2.38. The van der Waals surface area contributed by atoms with Crippen molar-refractivity contribution in [1.29, 1.82) is 0 Å². The summed E-state index contributed by atoms with van der Waals surface area (Å²) in [6, 6.07) is 3.71. The SMILES string of the molecule is COC(=O)N1CCC(CNC(=O)C(=O)Nc2cc3c4c(c2)CCN4C(=O)CC3)CC1. The summed E-state index contributed by atoms with van der Waals surface area (Å²) in [7, 11) is 1.36. The van der Waals surface area contributed by atoms with E-state index in [1.807, 2.05) is 17.0 Å². The lowest BCUT2D eigenvalue weighted by molar-refractivity contribution is -0.136. The second kappa shape index (κ2) is 8.33. The Morgan fingerprint density at radius 3 is 2.43 bits per heavy atom. The first-order valence-corrected chi connectivity index (χ1v) is 10.3. The third kappa shape index (κ3) is 3.96. The molecule has 0 saturated carbocycles. The number of carbonyl (C=O) groups excluding carboxylic acids is 4. The molecular formula is C21H26N4O5. The zero-order valence-corrected chi connectivity index (χ0v) is 17.0. The Morgan fingerprint density at radius 2 is 1.73 bits per heavy atom. The summed E-state index contributed by atoms with van der Waals surface area (Å²) < 4.78 is 4.72. The van der Waals surface area contributed by atoms with Crippen molar-refractivity contribution in [2.45, 2.75) is 32.1 Å². The molecule has 0 bridgehead atoms. The van der Waals surface area contributed by atoms with Gasteiger partial charge in [0.15, 0.2) is 0 Å². The van der Waals surface area contributed by atoms with Crippen molar-refractivity contribution in [3.05, 3.63) is 23.3 Å². The number of benzene rings is 1. The standard InChI is InChI=1S/C21H26N4O5/c1-30-21(29)24-7-4-13(5-8-24)12-22-19(27)20(28)23-16-10-14-2-3-17(26)25-9-6-15(11-16)18(14)25/h10-11,13H,2-9,12H2,1H3,(H,22,27)(H,23,28). The van der Waals surface area contributed by atoms with Crippen LogP contribution in [0.5, 0.6) is 0 Å². The van der Waals surface area contributed by atoms with Crippen molar-refractivity contribution in [2.24, 2.45) is 5.92 Å². The highest BCUT2D eigenvalue weighted by atomic mass is 16.5. The minimum atomic E-state index is -0.698. The molecule has 1 aromatic carbocycles. The van der Waals surface area contributed by atoms with Crippen LogP contribution in [0.4, 0.5) is 16.2 Å². The first kappa shape index (κ1) is 20.2. The molecule has 0 aromatic heterocycles. The van der Waals surface area contributed by atoms with Crippen molar-refractivity contribution in [1.82, 2.24) is 10.2 Å². The third-order valence-corrected chi connectivity index (χ3v) is 6.11. The molecular weight excluding hydrogens is 388 g/mol. The summed E-state index contributed by atoms with van der Waals surface area (Å²) in [6.07, 6.45) is 3.05. The van der Waals surface area contributed by atoms with Crippen LogP contribution in [0, 0.1) is 5.92 Å². The lowest BCUT2D eigenvalue weighted by Gasteiger charge is -2.30. The zero-order valence-electron chi connectivity index (χ0n) is 17.0. The number of ether oxygens (including phenoxy) is 1. The molecule has 3 heterocycles. The smallest absolute Gasteiger partial charge is 0.409 e. The van der Waals surface area contributed by atoms with Crippen LogP contribution in [0.15, 0.2) is 12.1 Å². The maximum atomic E-state index is 12.3. The van der Waals surface area contributed by atoms with Crippen LogP contribution in [0.1, 0.15) is 30.4 Å². The molecule has 9 nitrogen and oxygen atoms in total. The predicted octanol–water partition coefficient (Wildman–Crippen LogP) is 1.06. The summed E-state index contributed by atoms with van der Waals surface area (Å²) in [5.41, 5.74) is 3.64. The van der Waals surface area contributed by atoms with Gasteiger partial charge in [-0.2, -0.15) is 0 Å². The second-order valence-electron chi connectivity index (χ2n) is 8.00. The average Bonchev–Trinajstić information content (AvgIpc) is 3.19. The van der Waals surface area contributed by atoms with Gasteiger partial charge in [0.2, 0.25) is 5.91 Å². The number of anilines is 2. The number of nitrogens with zero attached hydrogens (tertiary/aromatic N) is 2. The van der Waals surface area contributed by atoms with Gasteiger partial charge in [-0.15, -0.1) is 0 Å². The molecule has 0 radical (unpaired) electrons. The Kier molecular flexibility index (Phi) is 5.61. The monoisotopic (exact) mass is 414 g/mol. The summed E-state index contributed by atoms with van der Waals surface area (Å²) in [6.45, 7) is 2.23. The van der Waals surface area contributed by atoms with Crippen molar-refractivity contribution < 1.29 is 23.9 Å². The van der Waals surface area contributed by atoms with Crippen LogP contribution < -0.4 is 15.5 Å². The molecule has 0 aliphatic carbocycles. The third-order valence-electron chi connectivity index (χ3n) is 6.11. The average molecular weight is 414 g/mol. The molecule has 9 heteroatoms. The molecule has 4 rings (SSSR count). The molecule has 3 aliphatic heterocycles. The van der Waals surface area contributed by atoms with E-state index in [-0.39, 0.29) is 17.9 Å². The maximum absolute atomic E-state index is 12.3. The fourth-order valence-electron chi connectivity index (χ4n) is 4.48. The Morgan fingerprint density at radius 1 is 1.03 bits per heavy atom. The molecule has 3 aliphatic rings. The molecule has 1 fully saturated rings. The zero-order chi connectivity index (χ0) is 21.3. The van der Waals surface area contributed by atoms with Crippen LogP contribution in [-0.2, 0) is 32.0 Å². The largest absolute Gasteiger partial charge is 0.453 e. The van der Waals surface area contributed by atoms with Gasteiger partial charge < -0.3 is 25.2 Å². The second-order valence-corrected chi connectivity index (χ2v) is 8.00. The van der Waals surface area contributed by atoms with Crippen LogP contribution >= 0.6 is 0 Å². The van der Waals surface area contributed by atoms with Crippen molar-refractivity contribution in [3.63, 3.8) is 0 Å². The Hall–Kier alpha value is -3.10. The van der Waals surface area contributed by atoms with Gasteiger partial charge in [0, 0.05) is 38.3 Å². The first-order valence-electron chi connectivity index (χ1n) is 10.3. The summed E-state index contributed by atoms with van der Waals surface area (Å²) in [5.74, 6) is -1.00. The Bertz CT molecular complexity index is 892. The number of aryl methyl sites for hydroxylation is 1. The van der Waals surface area contributed by atoms with E-state index in [0.717, 1.165) is 36.1 Å². The van der Waals surface area contributed by atoms with Gasteiger partial charge in [-0.25, -0.2) is 4.79 Å². The number of hydrogen-bond acceptors (Lipinski definition) is 5. The van der Waals surface area contributed by atoms with Gasteiger partial charge in [0.1, 0.15) is 0 Å². The number of methoxy groups -OCH3 is 1. The van der Waals surface area contributed by atoms with Crippen LogP contribution in [-0.4, -0.2) is 62.0 Å². The highest BCUT2D eigenvalue weighted by Gasteiger charge is 2.32. The molecule has 1 aromatic rings. The number of amides is 4. The van der Waals surface area contributed by atoms with E-state index in [9.17, 15) is 19.2 Å². The summed E-state index contributed by atoms with van der Waals surface area (Å²) in [5, 5.41) is 5.39. The number of nitrogens with one attached hydrogen (secondary N) is 2. The van der Waals surface area contributed by atoms with E-state index >= 15 is 0 Å². The molecule has 30 heavy (non-hydrogen) atoms. The molecule has 1 saturated heterocycles. The van der Waals surface area contributed by atoms with Crippen LogP contribution in [0.2, 0.25) is 0 Å². The lowest BCUT2D eigenvalue weighted by Crippen LogP contribution is -2.43. The predicted molar refractivity (Wildman–Crippen MR) is 109 cm³/mol. The minimum Gasteiger partial charge on any atom is -0.453 e. The number of piperidine rings is 1. The number of hydrogen-bond donors (Lipinski definition) is 2. The van der Waals surface area contributed by atoms with E-state index in [4.69, 9.17) is 4.74 Å². The summed E-state index contributed by atoms with van der Waals surface area (Å²) in [4.78, 5) is 51.6. The van der Waals surface area contributed by atoms with Gasteiger partial charge in [-0.3, -0.25) is 14.4 Å². The van der Waals surface area contributed by atoms with E-state index in [2.05, 4.69) is 10.6 Å².